The van der Waals surface area contributed by atoms with Crippen molar-refractivity contribution < 1.29 is 18.3 Å². The summed E-state index contributed by atoms with van der Waals surface area (Å²) in [5.41, 5.74) is 1.19. The van der Waals surface area contributed by atoms with E-state index >= 15 is 0 Å². The van der Waals surface area contributed by atoms with Crippen LogP contribution in [0.4, 0.5) is 13.6 Å². The Bertz CT molecular complexity index is 785. The van der Waals surface area contributed by atoms with Crippen LogP contribution in [0.1, 0.15) is 38.2 Å². The fourth-order valence-corrected chi connectivity index (χ4v) is 3.89. The molecule has 2 aliphatic heterocycles. The molecule has 0 aromatic heterocycles. The Hall–Kier alpha value is -2.46. The number of ether oxygens (including phenoxy) is 1. The van der Waals surface area contributed by atoms with E-state index in [9.17, 15) is 18.8 Å². The third kappa shape index (κ3) is 4.50. The van der Waals surface area contributed by atoms with Gasteiger partial charge in [0.15, 0.2) is 0 Å². The molecule has 5 nitrogen and oxygen atoms in total. The van der Waals surface area contributed by atoms with Crippen molar-refractivity contribution in [1.82, 2.24) is 9.80 Å². The van der Waals surface area contributed by atoms with E-state index < -0.39 is 11.6 Å². The van der Waals surface area contributed by atoms with Crippen LogP contribution < -0.4 is 0 Å². The first kappa shape index (κ1) is 20.3. The molecule has 0 N–H and O–H groups in total. The summed E-state index contributed by atoms with van der Waals surface area (Å²) in [6.45, 7) is 5.03. The number of nitrogens with zero attached hydrogens (tertiary/aromatic N) is 3. The Labute approximate surface area is 164 Å². The van der Waals surface area contributed by atoms with Crippen LogP contribution >= 0.6 is 0 Å². The lowest BCUT2D eigenvalue weighted by molar-refractivity contribution is 0.0182. The minimum atomic E-state index is -0.736. The molecule has 2 heterocycles. The van der Waals surface area contributed by atoms with E-state index in [-0.39, 0.29) is 23.3 Å². The molecule has 2 saturated heterocycles. The molecule has 0 unspecified atom stereocenters. The molecule has 0 radical (unpaired) electrons. The number of likely N-dealkylation sites (tertiary alicyclic amines) is 2. The highest BCUT2D eigenvalue weighted by Gasteiger charge is 2.29. The van der Waals surface area contributed by atoms with Crippen molar-refractivity contribution in [3.05, 3.63) is 41.0 Å². The lowest BCUT2D eigenvalue weighted by Gasteiger charge is -2.37. The zero-order valence-electron chi connectivity index (χ0n) is 16.1. The maximum absolute atomic E-state index is 14.1. The van der Waals surface area contributed by atoms with Gasteiger partial charge >= 0.3 is 6.03 Å². The lowest BCUT2D eigenvalue weighted by Crippen LogP contribution is -2.49. The number of hydrogen-bond donors (Lipinski definition) is 0. The quantitative estimate of drug-likeness (QED) is 0.736. The van der Waals surface area contributed by atoms with Gasteiger partial charge in [0.05, 0.1) is 17.7 Å². The van der Waals surface area contributed by atoms with Crippen molar-refractivity contribution in [1.29, 1.82) is 5.26 Å². The molecule has 0 saturated carbocycles. The Morgan fingerprint density at radius 3 is 2.39 bits per heavy atom. The highest BCUT2D eigenvalue weighted by Crippen LogP contribution is 2.29. The Morgan fingerprint density at radius 1 is 1.18 bits per heavy atom. The number of carbonyl (C=O) groups is 1. The van der Waals surface area contributed by atoms with Gasteiger partial charge in [-0.3, -0.25) is 0 Å². The SMILES string of the molecule is CCOC1CCN(C(=O)N2CCC(=C(C#N)c3ccc(F)cc3F)CC2)CC1. The summed E-state index contributed by atoms with van der Waals surface area (Å²) < 4.78 is 32.8. The van der Waals surface area contributed by atoms with Crippen molar-refractivity contribution in [3.63, 3.8) is 0 Å². The smallest absolute Gasteiger partial charge is 0.320 e. The van der Waals surface area contributed by atoms with Crippen LogP contribution in [-0.2, 0) is 4.74 Å². The van der Waals surface area contributed by atoms with Gasteiger partial charge in [-0.1, -0.05) is 0 Å². The number of benzene rings is 1. The molecule has 3 rings (SSSR count). The summed E-state index contributed by atoms with van der Waals surface area (Å²) in [5, 5.41) is 9.50. The summed E-state index contributed by atoms with van der Waals surface area (Å²) in [7, 11) is 0. The fourth-order valence-electron chi connectivity index (χ4n) is 3.89. The van der Waals surface area contributed by atoms with Crippen molar-refractivity contribution in [2.24, 2.45) is 0 Å². The second kappa shape index (κ2) is 9.16. The second-order valence-corrected chi connectivity index (χ2v) is 7.13. The van der Waals surface area contributed by atoms with Gasteiger partial charge in [0.2, 0.25) is 0 Å². The third-order valence-corrected chi connectivity index (χ3v) is 5.42. The second-order valence-electron chi connectivity index (χ2n) is 7.13. The molecule has 28 heavy (non-hydrogen) atoms. The van der Waals surface area contributed by atoms with Gasteiger partial charge in [-0.15, -0.1) is 0 Å². The molecule has 2 aliphatic rings. The zero-order valence-corrected chi connectivity index (χ0v) is 16.1. The molecule has 2 fully saturated rings. The van der Waals surface area contributed by atoms with E-state index in [1.807, 2.05) is 11.8 Å². The molecule has 0 aliphatic carbocycles. The standard InChI is InChI=1S/C21H25F2N3O2/c1-2-28-17-7-11-26(12-8-17)21(27)25-9-5-15(6-10-25)19(14-24)18-4-3-16(22)13-20(18)23/h3-4,13,17H,2,5-12H2,1H3. The van der Waals surface area contributed by atoms with Crippen molar-refractivity contribution in [2.45, 2.75) is 38.7 Å². The third-order valence-electron chi connectivity index (χ3n) is 5.42. The van der Waals surface area contributed by atoms with Crippen LogP contribution in [0.25, 0.3) is 5.57 Å². The van der Waals surface area contributed by atoms with Crippen LogP contribution in [0.2, 0.25) is 0 Å². The average molecular weight is 389 g/mol. The van der Waals surface area contributed by atoms with Gasteiger partial charge in [-0.05, 0) is 50.3 Å². The van der Waals surface area contributed by atoms with Crippen molar-refractivity contribution >= 4 is 11.6 Å². The maximum atomic E-state index is 14.1. The van der Waals surface area contributed by atoms with Crippen LogP contribution in [0, 0.1) is 23.0 Å². The first-order valence-corrected chi connectivity index (χ1v) is 9.76. The zero-order chi connectivity index (χ0) is 20.1. The van der Waals surface area contributed by atoms with Crippen LogP contribution in [0.15, 0.2) is 23.8 Å². The normalized spacial score (nSPS) is 18.1. The van der Waals surface area contributed by atoms with Gasteiger partial charge in [0, 0.05) is 44.4 Å². The molecule has 0 atom stereocenters. The van der Waals surface area contributed by atoms with Crippen molar-refractivity contribution in [3.8, 4) is 6.07 Å². The number of carbonyl (C=O) groups excluding carboxylic acids is 1. The molecule has 1 aromatic rings. The number of rotatable bonds is 3. The van der Waals surface area contributed by atoms with E-state index in [1.165, 1.54) is 6.07 Å². The van der Waals surface area contributed by atoms with Gasteiger partial charge in [-0.2, -0.15) is 5.26 Å². The predicted octanol–water partition coefficient (Wildman–Crippen LogP) is 3.96. The van der Waals surface area contributed by atoms with Crippen LogP contribution in [0.3, 0.4) is 0 Å². The molecular formula is C21H25F2N3O2. The number of allylic oxidation sites excluding steroid dienone is 1. The molecular weight excluding hydrogens is 364 g/mol. The summed E-state index contributed by atoms with van der Waals surface area (Å²) in [4.78, 5) is 16.4. The summed E-state index contributed by atoms with van der Waals surface area (Å²) >= 11 is 0. The minimum Gasteiger partial charge on any atom is -0.378 e. The largest absolute Gasteiger partial charge is 0.378 e. The first-order chi connectivity index (χ1) is 13.5. The Kier molecular flexibility index (Phi) is 6.63. The monoisotopic (exact) mass is 389 g/mol. The van der Waals surface area contributed by atoms with Crippen LogP contribution in [-0.4, -0.2) is 54.7 Å². The molecule has 7 heteroatoms. The van der Waals surface area contributed by atoms with Crippen molar-refractivity contribution in [2.75, 3.05) is 32.8 Å². The van der Waals surface area contributed by atoms with E-state index in [0.29, 0.717) is 45.6 Å². The van der Waals surface area contributed by atoms with E-state index in [1.54, 1.807) is 4.90 Å². The number of amides is 2. The van der Waals surface area contributed by atoms with E-state index in [0.717, 1.165) is 30.5 Å². The van der Waals surface area contributed by atoms with Gasteiger partial charge in [0.1, 0.15) is 11.6 Å². The number of hydrogen-bond acceptors (Lipinski definition) is 3. The molecule has 0 spiro atoms. The minimum absolute atomic E-state index is 0.0143. The summed E-state index contributed by atoms with van der Waals surface area (Å²) in [6.07, 6.45) is 2.96. The highest BCUT2D eigenvalue weighted by atomic mass is 19.1. The molecule has 2 amide bonds. The van der Waals surface area contributed by atoms with E-state index in [4.69, 9.17) is 4.74 Å². The van der Waals surface area contributed by atoms with Gasteiger partial charge in [0.25, 0.3) is 0 Å². The lowest BCUT2D eigenvalue weighted by atomic mass is 9.93. The maximum Gasteiger partial charge on any atom is 0.320 e. The highest BCUT2D eigenvalue weighted by molar-refractivity contribution is 5.80. The molecule has 150 valence electrons. The fraction of sp³-hybridized carbons (Fsp3) is 0.524. The number of urea groups is 1. The Morgan fingerprint density at radius 2 is 1.82 bits per heavy atom. The number of halogens is 2. The number of piperidine rings is 2. The number of nitriles is 1. The van der Waals surface area contributed by atoms with Gasteiger partial charge in [-0.25, -0.2) is 13.6 Å². The van der Waals surface area contributed by atoms with Crippen LogP contribution in [0.5, 0.6) is 0 Å². The topological polar surface area (TPSA) is 56.6 Å². The molecule has 1 aromatic carbocycles. The summed E-state index contributed by atoms with van der Waals surface area (Å²) in [6, 6.07) is 5.32. The predicted molar refractivity (Wildman–Crippen MR) is 101 cm³/mol. The van der Waals surface area contributed by atoms with E-state index in [2.05, 4.69) is 6.07 Å². The molecule has 0 bridgehead atoms. The van der Waals surface area contributed by atoms with Gasteiger partial charge < -0.3 is 14.5 Å². The summed E-state index contributed by atoms with van der Waals surface area (Å²) in [5.74, 6) is -1.41. The first-order valence-electron chi connectivity index (χ1n) is 9.76. The Balaban J connectivity index is 1.62. The average Bonchev–Trinajstić information content (AvgIpc) is 2.71.